The lowest BCUT2D eigenvalue weighted by Gasteiger charge is -2.33. The van der Waals surface area contributed by atoms with E-state index in [-0.39, 0.29) is 6.04 Å². The predicted molar refractivity (Wildman–Crippen MR) is 106 cm³/mol. The van der Waals surface area contributed by atoms with Crippen LogP contribution in [-0.4, -0.2) is 65.4 Å². The zero-order chi connectivity index (χ0) is 19.3. The molecule has 1 saturated heterocycles. The zero-order valence-corrected chi connectivity index (χ0v) is 17.0. The van der Waals surface area contributed by atoms with Crippen LogP contribution in [0.25, 0.3) is 28.4 Å². The average molecular weight is 444 g/mol. The Labute approximate surface area is 168 Å². The van der Waals surface area contributed by atoms with Gasteiger partial charge in [0.05, 0.1) is 24.9 Å². The summed E-state index contributed by atoms with van der Waals surface area (Å²) in [4.78, 5) is 11.7. The SMILES string of the molecule is CC1COCCN1c1nc(-c2ccnn2C)c2c(Br)nc(-c3ccn[nH]3)n2n1. The van der Waals surface area contributed by atoms with Gasteiger partial charge in [-0.05, 0) is 35.0 Å². The summed E-state index contributed by atoms with van der Waals surface area (Å²) in [6.07, 6.45) is 3.45. The topological polar surface area (TPSA) is 102 Å². The minimum absolute atomic E-state index is 0.174. The maximum Gasteiger partial charge on any atom is 0.244 e. The molecular weight excluding hydrogens is 426 g/mol. The Morgan fingerprint density at radius 2 is 2.14 bits per heavy atom. The summed E-state index contributed by atoms with van der Waals surface area (Å²) in [6.45, 7) is 4.13. The predicted octanol–water partition coefficient (Wildman–Crippen LogP) is 1.90. The number of fused-ring (bicyclic) bond motifs is 1. The van der Waals surface area contributed by atoms with Crippen LogP contribution in [0.5, 0.6) is 0 Å². The van der Waals surface area contributed by atoms with Crippen LogP contribution in [0.1, 0.15) is 6.92 Å². The minimum atomic E-state index is 0.174. The van der Waals surface area contributed by atoms with E-state index >= 15 is 0 Å². The largest absolute Gasteiger partial charge is 0.377 e. The van der Waals surface area contributed by atoms with Gasteiger partial charge in [-0.3, -0.25) is 9.78 Å². The molecule has 10 nitrogen and oxygen atoms in total. The lowest BCUT2D eigenvalue weighted by molar-refractivity contribution is 0.0979. The Kier molecular flexibility index (Phi) is 4.13. The highest BCUT2D eigenvalue weighted by Gasteiger charge is 2.26. The number of rotatable bonds is 3. The highest BCUT2D eigenvalue weighted by molar-refractivity contribution is 9.10. The fourth-order valence-corrected chi connectivity index (χ4v) is 3.96. The quantitative estimate of drug-likeness (QED) is 0.515. The second kappa shape index (κ2) is 6.67. The van der Waals surface area contributed by atoms with E-state index in [9.17, 15) is 0 Å². The summed E-state index contributed by atoms with van der Waals surface area (Å²) in [7, 11) is 1.89. The van der Waals surface area contributed by atoms with E-state index in [2.05, 4.69) is 48.0 Å². The molecule has 0 saturated carbocycles. The van der Waals surface area contributed by atoms with Crippen LogP contribution in [0.15, 0.2) is 29.1 Å². The molecule has 0 aromatic carbocycles. The number of nitrogens with zero attached hydrogens (tertiary/aromatic N) is 8. The fourth-order valence-electron chi connectivity index (χ4n) is 3.43. The molecular formula is C17H18BrN9O. The molecule has 1 aliphatic heterocycles. The van der Waals surface area contributed by atoms with E-state index in [4.69, 9.17) is 14.8 Å². The third-order valence-electron chi connectivity index (χ3n) is 4.87. The molecule has 0 bridgehead atoms. The summed E-state index contributed by atoms with van der Waals surface area (Å²) in [5.74, 6) is 1.29. The number of anilines is 1. The molecule has 4 aromatic rings. The van der Waals surface area contributed by atoms with E-state index < -0.39 is 0 Å². The molecule has 4 aromatic heterocycles. The van der Waals surface area contributed by atoms with Gasteiger partial charge in [0, 0.05) is 26.0 Å². The molecule has 28 heavy (non-hydrogen) atoms. The van der Waals surface area contributed by atoms with Gasteiger partial charge in [0.2, 0.25) is 5.95 Å². The van der Waals surface area contributed by atoms with Crippen molar-refractivity contribution in [1.29, 1.82) is 0 Å². The van der Waals surface area contributed by atoms with Gasteiger partial charge in [-0.25, -0.2) is 14.5 Å². The van der Waals surface area contributed by atoms with Gasteiger partial charge in [0.15, 0.2) is 5.82 Å². The molecule has 5 heterocycles. The monoisotopic (exact) mass is 443 g/mol. The van der Waals surface area contributed by atoms with Crippen molar-refractivity contribution >= 4 is 27.4 Å². The van der Waals surface area contributed by atoms with Crippen LogP contribution < -0.4 is 4.90 Å². The maximum atomic E-state index is 5.58. The molecule has 0 amide bonds. The molecule has 0 aliphatic carbocycles. The van der Waals surface area contributed by atoms with Crippen LogP contribution in [0.3, 0.4) is 0 Å². The van der Waals surface area contributed by atoms with E-state index in [0.29, 0.717) is 29.6 Å². The molecule has 1 unspecified atom stereocenters. The molecule has 0 spiro atoms. The Morgan fingerprint density at radius 1 is 1.25 bits per heavy atom. The van der Waals surface area contributed by atoms with Crippen LogP contribution in [-0.2, 0) is 11.8 Å². The normalized spacial score (nSPS) is 17.5. The molecule has 1 aliphatic rings. The van der Waals surface area contributed by atoms with Crippen molar-refractivity contribution < 1.29 is 4.74 Å². The molecule has 1 N–H and O–H groups in total. The fraction of sp³-hybridized carbons (Fsp3) is 0.353. The van der Waals surface area contributed by atoms with Crippen LogP contribution in [0.4, 0.5) is 5.95 Å². The van der Waals surface area contributed by atoms with E-state index in [1.165, 1.54) is 0 Å². The van der Waals surface area contributed by atoms with Crippen molar-refractivity contribution in [1.82, 2.24) is 39.6 Å². The van der Waals surface area contributed by atoms with Crippen molar-refractivity contribution in [2.75, 3.05) is 24.7 Å². The number of ether oxygens (including phenoxy) is 1. The summed E-state index contributed by atoms with van der Waals surface area (Å²) in [5.41, 5.74) is 3.19. The first-order chi connectivity index (χ1) is 13.6. The summed E-state index contributed by atoms with van der Waals surface area (Å²) >= 11 is 3.59. The third-order valence-corrected chi connectivity index (χ3v) is 5.42. The van der Waals surface area contributed by atoms with Gasteiger partial charge in [-0.15, -0.1) is 5.10 Å². The molecule has 5 rings (SSSR count). The number of nitrogens with one attached hydrogen (secondary N) is 1. The Balaban J connectivity index is 1.80. The van der Waals surface area contributed by atoms with Crippen LogP contribution in [0, 0.1) is 0 Å². The number of halogens is 1. The smallest absolute Gasteiger partial charge is 0.244 e. The minimum Gasteiger partial charge on any atom is -0.377 e. The Bertz CT molecular complexity index is 1130. The number of hydrogen-bond donors (Lipinski definition) is 1. The molecule has 0 radical (unpaired) electrons. The number of imidazole rings is 1. The molecule has 144 valence electrons. The van der Waals surface area contributed by atoms with Gasteiger partial charge < -0.3 is 9.64 Å². The van der Waals surface area contributed by atoms with Crippen molar-refractivity contribution in [2.24, 2.45) is 7.05 Å². The second-order valence-corrected chi connectivity index (χ2v) is 7.43. The number of aromatic nitrogens is 8. The van der Waals surface area contributed by atoms with Crippen molar-refractivity contribution in [3.05, 3.63) is 29.1 Å². The number of aryl methyl sites for hydroxylation is 1. The van der Waals surface area contributed by atoms with Crippen molar-refractivity contribution in [3.8, 4) is 22.9 Å². The standard InChI is InChI=1S/C17H18BrN9O/c1-10-9-28-8-7-26(10)17-21-13(12-4-6-20-25(12)2)14-15(18)22-16(27(14)24-17)11-3-5-19-23-11/h3-6,10H,7-9H2,1-2H3,(H,19,23). The highest BCUT2D eigenvalue weighted by atomic mass is 79.9. The first kappa shape index (κ1) is 17.3. The Hall–Kier alpha value is -2.79. The van der Waals surface area contributed by atoms with Gasteiger partial charge in [-0.1, -0.05) is 0 Å². The van der Waals surface area contributed by atoms with Crippen molar-refractivity contribution in [2.45, 2.75) is 13.0 Å². The van der Waals surface area contributed by atoms with Crippen molar-refractivity contribution in [3.63, 3.8) is 0 Å². The molecule has 11 heteroatoms. The first-order valence-electron chi connectivity index (χ1n) is 8.92. The first-order valence-corrected chi connectivity index (χ1v) is 9.71. The van der Waals surface area contributed by atoms with Gasteiger partial charge >= 0.3 is 0 Å². The number of aromatic amines is 1. The van der Waals surface area contributed by atoms with E-state index in [1.54, 1.807) is 17.1 Å². The number of H-pyrrole nitrogens is 1. The third kappa shape index (κ3) is 2.69. The molecule has 1 fully saturated rings. The second-order valence-electron chi connectivity index (χ2n) is 6.67. The number of morpholine rings is 1. The lowest BCUT2D eigenvalue weighted by atomic mass is 10.2. The summed E-state index contributed by atoms with van der Waals surface area (Å²) in [5, 5.41) is 16.2. The summed E-state index contributed by atoms with van der Waals surface area (Å²) < 4.78 is 9.85. The van der Waals surface area contributed by atoms with Gasteiger partial charge in [0.25, 0.3) is 0 Å². The zero-order valence-electron chi connectivity index (χ0n) is 15.4. The van der Waals surface area contributed by atoms with Gasteiger partial charge in [0.1, 0.15) is 21.5 Å². The van der Waals surface area contributed by atoms with Gasteiger partial charge in [-0.2, -0.15) is 10.2 Å². The van der Waals surface area contributed by atoms with E-state index in [0.717, 1.165) is 29.1 Å². The van der Waals surface area contributed by atoms with Crippen LogP contribution in [0.2, 0.25) is 0 Å². The van der Waals surface area contributed by atoms with E-state index in [1.807, 2.05) is 23.7 Å². The summed E-state index contributed by atoms with van der Waals surface area (Å²) in [6, 6.07) is 3.97. The maximum absolute atomic E-state index is 5.58. The Morgan fingerprint density at radius 3 is 2.86 bits per heavy atom. The highest BCUT2D eigenvalue weighted by Crippen LogP contribution is 2.33. The number of hydrogen-bond acceptors (Lipinski definition) is 7. The molecule has 1 atom stereocenters. The average Bonchev–Trinajstić information content (AvgIpc) is 3.42. The van der Waals surface area contributed by atoms with Crippen LogP contribution >= 0.6 is 15.9 Å². The lowest BCUT2D eigenvalue weighted by Crippen LogP contribution is -2.44.